The van der Waals surface area contributed by atoms with Crippen molar-refractivity contribution in [3.8, 4) is 0 Å². The van der Waals surface area contributed by atoms with E-state index >= 15 is 0 Å². The van der Waals surface area contributed by atoms with E-state index in [2.05, 4.69) is 10.6 Å². The number of hydrogen-bond acceptors (Lipinski definition) is 8. The number of rotatable bonds is 9. The second-order valence-corrected chi connectivity index (χ2v) is 7.33. The molecule has 0 saturated heterocycles. The Kier molecular flexibility index (Phi) is 8.13. The third-order valence-corrected chi connectivity index (χ3v) is 4.78. The van der Waals surface area contributed by atoms with Gasteiger partial charge in [0.25, 0.3) is 17.1 Å². The van der Waals surface area contributed by atoms with Crippen molar-refractivity contribution < 1.29 is 24.4 Å². The third kappa shape index (κ3) is 7.38. The summed E-state index contributed by atoms with van der Waals surface area (Å²) in [5, 5.41) is 37.7. The number of nitro benzene ring substituents is 3. The van der Waals surface area contributed by atoms with Crippen LogP contribution >= 0.6 is 0 Å². The summed E-state index contributed by atoms with van der Waals surface area (Å²) in [6, 6.07) is 14.5. The summed E-state index contributed by atoms with van der Waals surface area (Å²) in [5.41, 5.74) is 0.423. The zero-order valence-corrected chi connectivity index (χ0v) is 18.8. The number of carbonyl (C=O) groups excluding carboxylic acids is 2. The number of amides is 2. The molecule has 37 heavy (non-hydrogen) atoms. The van der Waals surface area contributed by atoms with Crippen molar-refractivity contribution in [3.63, 3.8) is 0 Å². The number of non-ortho nitro benzene ring substituents is 2. The average molecular weight is 503 g/mol. The lowest BCUT2D eigenvalue weighted by Crippen LogP contribution is -2.12. The first kappa shape index (κ1) is 25.9. The number of nitrogens with one attached hydrogen (secondary N) is 2. The van der Waals surface area contributed by atoms with Crippen LogP contribution in [-0.2, 0) is 9.59 Å². The minimum absolute atomic E-state index is 0.0929. The molecule has 0 heterocycles. The normalized spacial score (nSPS) is 10.8. The smallest absolute Gasteiger partial charge is 0.292 e. The number of benzene rings is 3. The Morgan fingerprint density at radius 3 is 1.51 bits per heavy atom. The highest BCUT2D eigenvalue weighted by molar-refractivity contribution is 6.05. The molecule has 0 saturated carbocycles. The van der Waals surface area contributed by atoms with Crippen LogP contribution in [0, 0.1) is 30.3 Å². The van der Waals surface area contributed by atoms with Crippen molar-refractivity contribution in [2.45, 2.75) is 0 Å². The topological polar surface area (TPSA) is 188 Å². The summed E-state index contributed by atoms with van der Waals surface area (Å²) in [4.78, 5) is 55.6. The summed E-state index contributed by atoms with van der Waals surface area (Å²) in [7, 11) is 0. The lowest BCUT2D eigenvalue weighted by Gasteiger charge is -2.07. The molecule has 0 aliphatic heterocycles. The zero-order chi connectivity index (χ0) is 26.9. The molecule has 0 aliphatic carbocycles. The van der Waals surface area contributed by atoms with E-state index in [4.69, 9.17) is 0 Å². The van der Waals surface area contributed by atoms with E-state index in [0.29, 0.717) is 11.1 Å². The molecule has 2 amide bonds. The lowest BCUT2D eigenvalue weighted by atomic mass is 10.2. The van der Waals surface area contributed by atoms with E-state index in [1.807, 2.05) is 0 Å². The molecule has 3 rings (SSSR count). The van der Waals surface area contributed by atoms with Crippen LogP contribution in [0.3, 0.4) is 0 Å². The van der Waals surface area contributed by atoms with Crippen LogP contribution in [0.1, 0.15) is 11.1 Å². The van der Waals surface area contributed by atoms with Crippen molar-refractivity contribution in [1.29, 1.82) is 0 Å². The molecule has 13 heteroatoms. The molecule has 0 atom stereocenters. The van der Waals surface area contributed by atoms with E-state index in [1.54, 1.807) is 0 Å². The van der Waals surface area contributed by atoms with Crippen molar-refractivity contribution in [3.05, 3.63) is 120 Å². The van der Waals surface area contributed by atoms with Gasteiger partial charge in [-0.05, 0) is 59.7 Å². The molecule has 0 radical (unpaired) electrons. The van der Waals surface area contributed by atoms with Crippen LogP contribution in [0.4, 0.5) is 28.4 Å². The fourth-order valence-electron chi connectivity index (χ4n) is 2.99. The SMILES string of the molecule is O=C(/C=C/c1ccc([N+](=O)[O-])cc1)Nc1ccc([N+](=O)[O-])c(NC(=O)/C=C/c2ccc([N+](=O)[O-])cc2)c1. The summed E-state index contributed by atoms with van der Waals surface area (Å²) >= 11 is 0. The minimum atomic E-state index is -0.706. The Labute approximate surface area is 208 Å². The van der Waals surface area contributed by atoms with Gasteiger partial charge >= 0.3 is 0 Å². The molecular weight excluding hydrogens is 486 g/mol. The van der Waals surface area contributed by atoms with Gasteiger partial charge < -0.3 is 10.6 Å². The summed E-state index contributed by atoms with van der Waals surface area (Å²) in [6.45, 7) is 0. The number of anilines is 2. The molecule has 186 valence electrons. The van der Waals surface area contributed by atoms with Gasteiger partial charge in [0.05, 0.1) is 14.8 Å². The Bertz CT molecular complexity index is 1430. The predicted molar refractivity (Wildman–Crippen MR) is 135 cm³/mol. The fraction of sp³-hybridized carbons (Fsp3) is 0. The van der Waals surface area contributed by atoms with Crippen molar-refractivity contribution >= 4 is 52.4 Å². The highest BCUT2D eigenvalue weighted by Crippen LogP contribution is 2.28. The molecule has 2 N–H and O–H groups in total. The van der Waals surface area contributed by atoms with Gasteiger partial charge in [-0.15, -0.1) is 0 Å². The standard InChI is InChI=1S/C24H17N5O8/c30-23(13-5-16-1-8-19(9-2-16)27(32)33)25-18-7-12-22(29(36)37)21(15-18)26-24(31)14-6-17-3-10-20(11-4-17)28(34)35/h1-15H,(H,25,30)(H,26,31)/b13-5+,14-6+. The Morgan fingerprint density at radius 2 is 1.08 bits per heavy atom. The maximum Gasteiger partial charge on any atom is 0.292 e. The van der Waals surface area contributed by atoms with Crippen LogP contribution in [-0.4, -0.2) is 26.6 Å². The maximum atomic E-state index is 12.3. The molecule has 0 bridgehead atoms. The van der Waals surface area contributed by atoms with Crippen LogP contribution < -0.4 is 10.6 Å². The van der Waals surface area contributed by atoms with E-state index < -0.39 is 32.3 Å². The predicted octanol–water partition coefficient (Wildman–Crippen LogP) is 4.72. The van der Waals surface area contributed by atoms with E-state index in [-0.39, 0.29) is 22.7 Å². The van der Waals surface area contributed by atoms with Gasteiger partial charge in [-0.1, -0.05) is 0 Å². The number of carbonyl (C=O) groups is 2. The van der Waals surface area contributed by atoms with Crippen LogP contribution in [0.2, 0.25) is 0 Å². The first-order chi connectivity index (χ1) is 17.6. The molecule has 0 aromatic heterocycles. The molecule has 0 fully saturated rings. The first-order valence-corrected chi connectivity index (χ1v) is 10.4. The monoisotopic (exact) mass is 503 g/mol. The highest BCUT2D eigenvalue weighted by atomic mass is 16.6. The quantitative estimate of drug-likeness (QED) is 0.238. The third-order valence-electron chi connectivity index (χ3n) is 4.78. The Hall–Kier alpha value is -5.72. The van der Waals surface area contributed by atoms with Crippen LogP contribution in [0.5, 0.6) is 0 Å². The fourth-order valence-corrected chi connectivity index (χ4v) is 2.99. The van der Waals surface area contributed by atoms with Crippen molar-refractivity contribution in [1.82, 2.24) is 0 Å². The van der Waals surface area contributed by atoms with Gasteiger partial charge in [0.15, 0.2) is 0 Å². The molecular formula is C24H17N5O8. The molecule has 13 nitrogen and oxygen atoms in total. The van der Waals surface area contributed by atoms with Gasteiger partial charge in [0, 0.05) is 48.2 Å². The molecule has 0 aliphatic rings. The largest absolute Gasteiger partial charge is 0.322 e. The van der Waals surface area contributed by atoms with E-state index in [0.717, 1.165) is 12.1 Å². The highest BCUT2D eigenvalue weighted by Gasteiger charge is 2.16. The van der Waals surface area contributed by atoms with Crippen molar-refractivity contribution in [2.24, 2.45) is 0 Å². The molecule has 0 unspecified atom stereocenters. The Balaban J connectivity index is 1.69. The molecule has 0 spiro atoms. The van der Waals surface area contributed by atoms with Crippen LogP contribution in [0.15, 0.2) is 78.9 Å². The van der Waals surface area contributed by atoms with E-state index in [9.17, 15) is 39.9 Å². The van der Waals surface area contributed by atoms with Gasteiger partial charge in [-0.3, -0.25) is 39.9 Å². The van der Waals surface area contributed by atoms with Gasteiger partial charge in [0.1, 0.15) is 5.69 Å². The maximum absolute atomic E-state index is 12.3. The zero-order valence-electron chi connectivity index (χ0n) is 18.8. The second kappa shape index (κ2) is 11.6. The number of hydrogen-bond donors (Lipinski definition) is 2. The summed E-state index contributed by atoms with van der Waals surface area (Å²) < 4.78 is 0. The van der Waals surface area contributed by atoms with Crippen molar-refractivity contribution in [2.75, 3.05) is 10.6 Å². The molecule has 3 aromatic rings. The Morgan fingerprint density at radius 1 is 0.622 bits per heavy atom. The number of nitrogens with zero attached hydrogens (tertiary/aromatic N) is 3. The van der Waals surface area contributed by atoms with Crippen LogP contribution in [0.25, 0.3) is 12.2 Å². The number of nitro groups is 3. The minimum Gasteiger partial charge on any atom is -0.322 e. The van der Waals surface area contributed by atoms with Gasteiger partial charge in [-0.2, -0.15) is 0 Å². The van der Waals surface area contributed by atoms with Gasteiger partial charge in [0.2, 0.25) is 11.8 Å². The summed E-state index contributed by atoms with van der Waals surface area (Å²) in [6.07, 6.45) is 5.08. The lowest BCUT2D eigenvalue weighted by molar-refractivity contribution is -0.385. The second-order valence-electron chi connectivity index (χ2n) is 7.33. The van der Waals surface area contributed by atoms with Gasteiger partial charge in [-0.25, -0.2) is 0 Å². The summed E-state index contributed by atoms with van der Waals surface area (Å²) in [5.74, 6) is -1.29. The average Bonchev–Trinajstić information content (AvgIpc) is 2.86. The molecule has 3 aromatic carbocycles. The first-order valence-electron chi connectivity index (χ1n) is 10.4. The van der Waals surface area contributed by atoms with E-state index in [1.165, 1.54) is 78.9 Å².